The number of nitrogens with zero attached hydrogens (tertiary/aromatic N) is 1. The van der Waals surface area contributed by atoms with Gasteiger partial charge in [0.1, 0.15) is 6.54 Å². The maximum absolute atomic E-state index is 13.4. The Balaban J connectivity index is 1.87. The summed E-state index contributed by atoms with van der Waals surface area (Å²) in [6, 6.07) is 20.1. The number of hydrogen-bond acceptors (Lipinski definition) is 3. The first-order chi connectivity index (χ1) is 15.9. The van der Waals surface area contributed by atoms with Crippen molar-refractivity contribution >= 4 is 44.8 Å². The molecule has 0 unspecified atom stereocenters. The Bertz CT molecular complexity index is 1260. The van der Waals surface area contributed by atoms with E-state index in [9.17, 15) is 13.2 Å². The second kappa shape index (κ2) is 10.4. The SMILES string of the molecule is C[C@@H](NC(=O)CN(c1ccc(Cl)cc1Cl)S(=O)(=O)c1ccccc1)c1ccc(C(C)(C)C)cc1. The summed E-state index contributed by atoms with van der Waals surface area (Å²) >= 11 is 12.3. The smallest absolute Gasteiger partial charge is 0.264 e. The van der Waals surface area contributed by atoms with Gasteiger partial charge in [0.15, 0.2) is 0 Å². The van der Waals surface area contributed by atoms with E-state index >= 15 is 0 Å². The van der Waals surface area contributed by atoms with Crippen LogP contribution in [0.3, 0.4) is 0 Å². The van der Waals surface area contributed by atoms with Crippen molar-refractivity contribution in [1.29, 1.82) is 0 Å². The molecule has 34 heavy (non-hydrogen) atoms. The van der Waals surface area contributed by atoms with Crippen LogP contribution in [0.25, 0.3) is 0 Å². The number of nitrogens with one attached hydrogen (secondary N) is 1. The first-order valence-corrected chi connectivity index (χ1v) is 13.0. The van der Waals surface area contributed by atoms with E-state index in [1.807, 2.05) is 31.2 Å². The van der Waals surface area contributed by atoms with Gasteiger partial charge >= 0.3 is 0 Å². The normalized spacial score (nSPS) is 12.8. The average molecular weight is 519 g/mol. The molecule has 0 saturated heterocycles. The molecular formula is C26H28Cl2N2O3S. The van der Waals surface area contributed by atoms with Gasteiger partial charge in [-0.25, -0.2) is 8.42 Å². The molecular weight excluding hydrogens is 491 g/mol. The second-order valence-corrected chi connectivity index (χ2v) is 11.8. The average Bonchev–Trinajstić information content (AvgIpc) is 2.78. The summed E-state index contributed by atoms with van der Waals surface area (Å²) in [6.07, 6.45) is 0. The lowest BCUT2D eigenvalue weighted by Gasteiger charge is -2.26. The molecule has 0 heterocycles. The minimum atomic E-state index is -4.06. The van der Waals surface area contributed by atoms with Gasteiger partial charge in [0, 0.05) is 5.02 Å². The van der Waals surface area contributed by atoms with Crippen molar-refractivity contribution in [2.24, 2.45) is 0 Å². The monoisotopic (exact) mass is 518 g/mol. The maximum atomic E-state index is 13.4. The Kier molecular flexibility index (Phi) is 7.96. The molecule has 0 aliphatic heterocycles. The van der Waals surface area contributed by atoms with Crippen molar-refractivity contribution in [2.45, 2.75) is 44.0 Å². The van der Waals surface area contributed by atoms with Crippen LogP contribution in [0.15, 0.2) is 77.7 Å². The van der Waals surface area contributed by atoms with E-state index in [4.69, 9.17) is 23.2 Å². The van der Waals surface area contributed by atoms with Crippen molar-refractivity contribution in [3.8, 4) is 0 Å². The van der Waals surface area contributed by atoms with Crippen LogP contribution in [0.2, 0.25) is 10.0 Å². The van der Waals surface area contributed by atoms with E-state index in [0.29, 0.717) is 5.02 Å². The Morgan fingerprint density at radius 3 is 2.15 bits per heavy atom. The summed E-state index contributed by atoms with van der Waals surface area (Å²) < 4.78 is 27.9. The van der Waals surface area contributed by atoms with E-state index < -0.39 is 22.5 Å². The Morgan fingerprint density at radius 1 is 0.971 bits per heavy atom. The number of carbonyl (C=O) groups is 1. The van der Waals surface area contributed by atoms with Crippen LogP contribution in [0.4, 0.5) is 5.69 Å². The number of halogens is 2. The molecule has 0 spiro atoms. The predicted octanol–water partition coefficient (Wildman–Crippen LogP) is 6.36. The molecule has 0 radical (unpaired) electrons. The number of benzene rings is 3. The fourth-order valence-corrected chi connectivity index (χ4v) is 5.50. The van der Waals surface area contributed by atoms with E-state index in [2.05, 4.69) is 26.1 Å². The van der Waals surface area contributed by atoms with Crippen molar-refractivity contribution in [2.75, 3.05) is 10.8 Å². The van der Waals surface area contributed by atoms with Crippen LogP contribution in [-0.2, 0) is 20.2 Å². The fourth-order valence-electron chi connectivity index (χ4n) is 3.48. The van der Waals surface area contributed by atoms with Crippen molar-refractivity contribution in [3.05, 3.63) is 94.0 Å². The molecule has 1 amide bonds. The standard InChI is InChI=1S/C26H28Cl2N2O3S/c1-18(19-10-12-20(13-11-19)26(2,3)4)29-25(31)17-30(24-15-14-21(27)16-23(24)28)34(32,33)22-8-6-5-7-9-22/h5-16,18H,17H2,1-4H3,(H,29,31)/t18-/m1/s1. The lowest BCUT2D eigenvalue weighted by Crippen LogP contribution is -2.41. The van der Waals surface area contributed by atoms with Gasteiger partial charge in [-0.15, -0.1) is 0 Å². The number of amides is 1. The van der Waals surface area contributed by atoms with Crippen LogP contribution >= 0.6 is 23.2 Å². The summed E-state index contributed by atoms with van der Waals surface area (Å²) in [6.45, 7) is 7.82. The molecule has 0 bridgehead atoms. The molecule has 180 valence electrons. The number of rotatable bonds is 7. The third-order valence-electron chi connectivity index (χ3n) is 5.45. The lowest BCUT2D eigenvalue weighted by atomic mass is 9.86. The van der Waals surface area contributed by atoms with Gasteiger partial charge in [-0.2, -0.15) is 0 Å². The summed E-state index contributed by atoms with van der Waals surface area (Å²) in [7, 11) is -4.06. The molecule has 1 N–H and O–H groups in total. The highest BCUT2D eigenvalue weighted by atomic mass is 35.5. The van der Waals surface area contributed by atoms with E-state index in [1.165, 1.54) is 35.9 Å². The van der Waals surface area contributed by atoms with Gasteiger partial charge < -0.3 is 5.32 Å². The quantitative estimate of drug-likeness (QED) is 0.395. The number of hydrogen-bond donors (Lipinski definition) is 1. The summed E-state index contributed by atoms with van der Waals surface area (Å²) in [5.41, 5.74) is 2.30. The topological polar surface area (TPSA) is 66.5 Å². The highest BCUT2D eigenvalue weighted by Gasteiger charge is 2.29. The predicted molar refractivity (Wildman–Crippen MR) is 139 cm³/mol. The molecule has 0 aliphatic carbocycles. The molecule has 3 aromatic carbocycles. The Morgan fingerprint density at radius 2 is 1.59 bits per heavy atom. The fraction of sp³-hybridized carbons (Fsp3) is 0.269. The van der Waals surface area contributed by atoms with Crippen LogP contribution in [0.5, 0.6) is 0 Å². The van der Waals surface area contributed by atoms with Crippen LogP contribution in [-0.4, -0.2) is 20.9 Å². The zero-order chi connectivity index (χ0) is 25.1. The molecule has 0 aliphatic rings. The second-order valence-electron chi connectivity index (χ2n) is 9.08. The highest BCUT2D eigenvalue weighted by Crippen LogP contribution is 2.32. The molecule has 3 rings (SSSR count). The summed E-state index contributed by atoms with van der Waals surface area (Å²) in [4.78, 5) is 13.1. The molecule has 1 atom stereocenters. The van der Waals surface area contributed by atoms with Gasteiger partial charge in [-0.1, -0.05) is 86.4 Å². The van der Waals surface area contributed by atoms with Crippen molar-refractivity contribution in [1.82, 2.24) is 5.32 Å². The maximum Gasteiger partial charge on any atom is 0.264 e. The zero-order valence-electron chi connectivity index (χ0n) is 19.5. The molecule has 5 nitrogen and oxygen atoms in total. The van der Waals surface area contributed by atoms with Gasteiger partial charge in [-0.3, -0.25) is 9.10 Å². The first kappa shape index (κ1) is 26.1. The van der Waals surface area contributed by atoms with Crippen LogP contribution < -0.4 is 9.62 Å². The highest BCUT2D eigenvalue weighted by molar-refractivity contribution is 7.92. The molecule has 0 aromatic heterocycles. The van der Waals surface area contributed by atoms with Crippen LogP contribution in [0.1, 0.15) is 44.9 Å². The summed E-state index contributed by atoms with van der Waals surface area (Å²) in [5.74, 6) is -0.460. The van der Waals surface area contributed by atoms with Gasteiger partial charge in [0.25, 0.3) is 10.0 Å². The minimum Gasteiger partial charge on any atom is -0.348 e. The number of sulfonamides is 1. The van der Waals surface area contributed by atoms with Crippen molar-refractivity contribution < 1.29 is 13.2 Å². The van der Waals surface area contributed by atoms with Gasteiger partial charge in [0.2, 0.25) is 5.91 Å². The van der Waals surface area contributed by atoms with Gasteiger partial charge in [-0.05, 0) is 53.8 Å². The third-order valence-corrected chi connectivity index (χ3v) is 7.76. The van der Waals surface area contributed by atoms with E-state index in [0.717, 1.165) is 9.87 Å². The zero-order valence-corrected chi connectivity index (χ0v) is 21.9. The Hall–Kier alpha value is -2.54. The van der Waals surface area contributed by atoms with Gasteiger partial charge in [0.05, 0.1) is 21.6 Å². The van der Waals surface area contributed by atoms with E-state index in [1.54, 1.807) is 18.2 Å². The Labute approximate surface area is 211 Å². The molecule has 0 saturated carbocycles. The largest absolute Gasteiger partial charge is 0.348 e. The minimum absolute atomic E-state index is 0.0230. The first-order valence-electron chi connectivity index (χ1n) is 10.8. The van der Waals surface area contributed by atoms with E-state index in [-0.39, 0.29) is 27.1 Å². The lowest BCUT2D eigenvalue weighted by molar-refractivity contribution is -0.120. The number of carbonyl (C=O) groups excluding carboxylic acids is 1. The number of anilines is 1. The van der Waals surface area contributed by atoms with Crippen molar-refractivity contribution in [3.63, 3.8) is 0 Å². The van der Waals surface area contributed by atoms with Crippen LogP contribution in [0, 0.1) is 0 Å². The third kappa shape index (κ3) is 6.12. The molecule has 3 aromatic rings. The molecule has 8 heteroatoms. The summed E-state index contributed by atoms with van der Waals surface area (Å²) in [5, 5.41) is 3.39. The molecule has 0 fully saturated rings.